The third-order valence-electron chi connectivity index (χ3n) is 6.00. The Kier molecular flexibility index (Phi) is 16.2. The summed E-state index contributed by atoms with van der Waals surface area (Å²) in [5.41, 5.74) is 8.07. The molecule has 5 N–H and O–H groups in total. The highest BCUT2D eigenvalue weighted by Crippen LogP contribution is 2.24. The van der Waals surface area contributed by atoms with Crippen molar-refractivity contribution in [3.63, 3.8) is 0 Å². The number of benzene rings is 1. The third kappa shape index (κ3) is 12.6. The van der Waals surface area contributed by atoms with E-state index in [1.54, 1.807) is 37.0 Å². The van der Waals surface area contributed by atoms with Gasteiger partial charge in [-0.3, -0.25) is 14.5 Å². The molecule has 2 amide bonds. The molecule has 228 valence electrons. The van der Waals surface area contributed by atoms with E-state index in [1.165, 1.54) is 0 Å². The van der Waals surface area contributed by atoms with Crippen LogP contribution in [0.4, 0.5) is 5.95 Å². The van der Waals surface area contributed by atoms with Crippen LogP contribution < -0.4 is 16.4 Å². The second kappa shape index (κ2) is 19.6. The van der Waals surface area contributed by atoms with Gasteiger partial charge >= 0.3 is 0 Å². The van der Waals surface area contributed by atoms with Crippen molar-refractivity contribution in [2.45, 2.75) is 44.7 Å². The van der Waals surface area contributed by atoms with Crippen LogP contribution in [0.2, 0.25) is 0 Å². The summed E-state index contributed by atoms with van der Waals surface area (Å²) in [7, 11) is 0. The molecule has 11 heteroatoms. The van der Waals surface area contributed by atoms with E-state index in [0.717, 1.165) is 28.3 Å². The van der Waals surface area contributed by atoms with Crippen molar-refractivity contribution in [3.8, 4) is 11.3 Å². The molecule has 3 rings (SSSR count). The lowest BCUT2D eigenvalue weighted by Crippen LogP contribution is -2.52. The zero-order chi connectivity index (χ0) is 30.7. The van der Waals surface area contributed by atoms with Crippen molar-refractivity contribution in [3.05, 3.63) is 73.1 Å². The Bertz CT molecular complexity index is 1180. The maximum Gasteiger partial charge on any atom is 0.235 e. The van der Waals surface area contributed by atoms with Gasteiger partial charge < -0.3 is 26.4 Å². The molecule has 0 saturated carbocycles. The van der Waals surface area contributed by atoms with Crippen LogP contribution in [0.1, 0.15) is 33.6 Å². The molecule has 1 atom stereocenters. The fourth-order valence-corrected chi connectivity index (χ4v) is 4.86. The normalized spacial score (nSPS) is 14.6. The number of hydrogen-bond donors (Lipinski definition) is 4. The highest BCUT2D eigenvalue weighted by molar-refractivity contribution is 7.99. The van der Waals surface area contributed by atoms with Gasteiger partial charge in [-0.2, -0.15) is 0 Å². The van der Waals surface area contributed by atoms with Crippen LogP contribution in [0.15, 0.2) is 78.0 Å². The van der Waals surface area contributed by atoms with Gasteiger partial charge in [0.05, 0.1) is 18.4 Å². The lowest BCUT2D eigenvalue weighted by molar-refractivity contribution is -0.132. The maximum absolute atomic E-state index is 12.7. The van der Waals surface area contributed by atoms with Gasteiger partial charge in [0.25, 0.3) is 0 Å². The molecule has 2 heterocycles. The van der Waals surface area contributed by atoms with Crippen molar-refractivity contribution in [2.24, 2.45) is 5.73 Å². The number of anilines is 1. The van der Waals surface area contributed by atoms with Crippen LogP contribution in [0, 0.1) is 0 Å². The van der Waals surface area contributed by atoms with Gasteiger partial charge in [0.15, 0.2) is 0 Å². The molecule has 2 aromatic rings. The molecule has 0 aliphatic carbocycles. The molecule has 1 aliphatic rings. The molecule has 1 aromatic heterocycles. The van der Waals surface area contributed by atoms with Gasteiger partial charge in [-0.15, -0.1) is 11.8 Å². The number of amides is 2. The number of allylic oxidation sites excluding steroid dienone is 3. The average molecular weight is 596 g/mol. The summed E-state index contributed by atoms with van der Waals surface area (Å²) in [6.45, 7) is 12.4. The first-order valence-corrected chi connectivity index (χ1v) is 15.3. The van der Waals surface area contributed by atoms with Crippen LogP contribution >= 0.6 is 11.8 Å². The van der Waals surface area contributed by atoms with E-state index < -0.39 is 0 Å². The second-order valence-corrected chi connectivity index (χ2v) is 10.5. The van der Waals surface area contributed by atoms with E-state index >= 15 is 0 Å². The van der Waals surface area contributed by atoms with E-state index in [4.69, 9.17) is 10.8 Å². The number of rotatable bonds is 14. The summed E-state index contributed by atoms with van der Waals surface area (Å²) >= 11 is 1.71. The smallest absolute Gasteiger partial charge is 0.235 e. The van der Waals surface area contributed by atoms with E-state index in [2.05, 4.69) is 27.2 Å². The Morgan fingerprint density at radius 2 is 1.88 bits per heavy atom. The monoisotopic (exact) mass is 595 g/mol. The number of thioether (sulfide) groups is 1. The highest BCUT2D eigenvalue weighted by atomic mass is 32.2. The lowest BCUT2D eigenvalue weighted by Gasteiger charge is -2.34. The van der Waals surface area contributed by atoms with Gasteiger partial charge in [-0.1, -0.05) is 44.7 Å². The summed E-state index contributed by atoms with van der Waals surface area (Å²) in [5, 5.41) is 14.8. The number of hydrogen-bond acceptors (Lipinski definition) is 9. The fourth-order valence-electron chi connectivity index (χ4n) is 4.03. The van der Waals surface area contributed by atoms with Gasteiger partial charge in [-0.25, -0.2) is 9.97 Å². The number of piperazine rings is 1. The zero-order valence-electron chi connectivity index (χ0n) is 25.0. The lowest BCUT2D eigenvalue weighted by atomic mass is 10.1. The minimum atomic E-state index is -0.377. The number of carbonyl (C=O) groups excluding carboxylic acids is 2. The number of carbonyl (C=O) groups is 2. The molecule has 1 unspecified atom stereocenters. The van der Waals surface area contributed by atoms with Gasteiger partial charge in [-0.05, 0) is 43.7 Å². The van der Waals surface area contributed by atoms with Crippen LogP contribution in [0.3, 0.4) is 0 Å². The van der Waals surface area contributed by atoms with Crippen molar-refractivity contribution >= 4 is 29.5 Å². The number of nitrogens with zero attached hydrogens (tertiary/aromatic N) is 4. The molecule has 1 aromatic carbocycles. The highest BCUT2D eigenvalue weighted by Gasteiger charge is 2.21. The van der Waals surface area contributed by atoms with Crippen LogP contribution in [0.25, 0.3) is 11.3 Å². The van der Waals surface area contributed by atoms with Crippen molar-refractivity contribution in [1.82, 2.24) is 25.1 Å². The number of nitrogens with two attached hydrogens (primary N) is 1. The molecule has 1 saturated heterocycles. The van der Waals surface area contributed by atoms with Crippen molar-refractivity contribution in [1.29, 1.82) is 0 Å². The number of aliphatic hydroxyl groups excluding tert-OH is 1. The summed E-state index contributed by atoms with van der Waals surface area (Å²) < 4.78 is 0. The minimum Gasteiger partial charge on any atom is -0.396 e. The summed E-state index contributed by atoms with van der Waals surface area (Å²) in [5.74, 6) is 1.24. The van der Waals surface area contributed by atoms with Gasteiger partial charge in [0.2, 0.25) is 17.8 Å². The van der Waals surface area contributed by atoms with E-state index in [1.807, 2.05) is 66.1 Å². The quantitative estimate of drug-likeness (QED) is 0.112. The first kappa shape index (κ1) is 34.7. The van der Waals surface area contributed by atoms with Crippen molar-refractivity contribution in [2.75, 3.05) is 50.4 Å². The largest absolute Gasteiger partial charge is 0.396 e. The Balaban J connectivity index is 0.00000301. The predicted molar refractivity (Wildman–Crippen MR) is 172 cm³/mol. The molecular formula is C31H45N7O3S. The SMILES string of the molecule is C=C/C=C(\C=C/CC(=O)N1CCN(CC(=O)NC(C)N)CC1)Nc1nccc(-c2ccc(SCCCO)cc2)n1.CC. The van der Waals surface area contributed by atoms with Crippen LogP contribution in [-0.2, 0) is 9.59 Å². The number of aromatic nitrogens is 2. The molecule has 0 spiro atoms. The molecule has 0 radical (unpaired) electrons. The molecule has 10 nitrogen and oxygen atoms in total. The first-order chi connectivity index (χ1) is 20.4. The number of aliphatic hydroxyl groups is 1. The zero-order valence-corrected chi connectivity index (χ0v) is 25.8. The minimum absolute atomic E-state index is 0.0325. The topological polar surface area (TPSA) is 137 Å². The summed E-state index contributed by atoms with van der Waals surface area (Å²) in [6.07, 6.45) is 9.43. The average Bonchev–Trinajstić information content (AvgIpc) is 2.99. The molecule has 1 fully saturated rings. The van der Waals surface area contributed by atoms with Gasteiger partial charge in [0, 0.05) is 67.3 Å². The summed E-state index contributed by atoms with van der Waals surface area (Å²) in [6, 6.07) is 10.0. The fraction of sp³-hybridized carbons (Fsp3) is 0.419. The van der Waals surface area contributed by atoms with Crippen LogP contribution in [-0.4, -0.2) is 87.9 Å². The van der Waals surface area contributed by atoms with E-state index in [0.29, 0.717) is 37.8 Å². The van der Waals surface area contributed by atoms with Crippen molar-refractivity contribution < 1.29 is 14.7 Å². The standard InChI is InChI=1S/C29H39N7O3S.C2H6/c1-3-6-24(7-4-8-28(39)36-17-15-35(16-18-36)21-27(38)32-22(2)30)33-29-31-14-13-26(34-29)23-9-11-25(12-10-23)40-20-5-19-37;1-2/h3-4,6-7,9-14,22,37H,1,5,8,15-21,30H2,2H3,(H,32,38)(H,31,33,34);1-2H3/b7-4-,24-6+;. The van der Waals surface area contributed by atoms with E-state index in [9.17, 15) is 9.59 Å². The first-order valence-electron chi connectivity index (χ1n) is 14.4. The molecule has 0 bridgehead atoms. The Labute approximate surface area is 254 Å². The van der Waals surface area contributed by atoms with Gasteiger partial charge in [0.1, 0.15) is 0 Å². The maximum atomic E-state index is 12.7. The molecule has 42 heavy (non-hydrogen) atoms. The number of nitrogens with one attached hydrogen (secondary N) is 2. The second-order valence-electron chi connectivity index (χ2n) is 9.32. The Hall–Kier alpha value is -3.51. The molecule has 1 aliphatic heterocycles. The third-order valence-corrected chi connectivity index (χ3v) is 7.10. The Morgan fingerprint density at radius 1 is 1.17 bits per heavy atom. The summed E-state index contributed by atoms with van der Waals surface area (Å²) in [4.78, 5) is 38.6. The predicted octanol–water partition coefficient (Wildman–Crippen LogP) is 3.64. The van der Waals surface area contributed by atoms with Crippen LogP contribution in [0.5, 0.6) is 0 Å². The van der Waals surface area contributed by atoms with E-state index in [-0.39, 0.29) is 37.6 Å². The Morgan fingerprint density at radius 3 is 2.52 bits per heavy atom. The molecular weight excluding hydrogens is 550 g/mol.